The lowest BCUT2D eigenvalue weighted by molar-refractivity contribution is 0.0495. The van der Waals surface area contributed by atoms with E-state index in [-0.39, 0.29) is 11.3 Å². The van der Waals surface area contributed by atoms with Crippen molar-refractivity contribution in [3.63, 3.8) is 0 Å². The number of aliphatic imine (C=N–C) groups is 1. The highest BCUT2D eigenvalue weighted by Crippen LogP contribution is 2.43. The number of rotatable bonds is 19. The van der Waals surface area contributed by atoms with Crippen LogP contribution in [0.3, 0.4) is 0 Å². The molecule has 0 amide bonds. The van der Waals surface area contributed by atoms with Crippen molar-refractivity contribution in [2.75, 3.05) is 60.3 Å². The van der Waals surface area contributed by atoms with Gasteiger partial charge >= 0.3 is 10.1 Å². The van der Waals surface area contributed by atoms with Crippen LogP contribution < -0.4 is 18.1 Å². The van der Waals surface area contributed by atoms with Crippen molar-refractivity contribution in [1.29, 1.82) is 0 Å². The number of fused-ring (bicyclic) bond motifs is 1. The summed E-state index contributed by atoms with van der Waals surface area (Å²) in [4.78, 5) is 8.86. The molecule has 0 fully saturated rings. The van der Waals surface area contributed by atoms with Gasteiger partial charge in [-0.15, -0.1) is 4.13 Å². The van der Waals surface area contributed by atoms with Gasteiger partial charge in [0.05, 0.1) is 12.0 Å². The maximum atomic E-state index is 15.2. The number of sulfonamides is 2. The Morgan fingerprint density at radius 3 is 1.98 bits per heavy atom. The average Bonchev–Trinajstić information content (AvgIpc) is 3.09. The zero-order valence-electron chi connectivity index (χ0n) is 32.0. The predicted octanol–water partition coefficient (Wildman–Crippen LogP) is 6.72. The van der Waals surface area contributed by atoms with Gasteiger partial charge in [0.25, 0.3) is 5.92 Å². The molecule has 0 aliphatic heterocycles. The standard InChI is InChI=1S/C39H50F2N4O7S3/c1-7-12-25-45(11-5)30-19-17-29(18-20-30)38(34-23-24-36(42-8-2)33-16-14-13-15-32(33)34)35-22-21-31(44(9-3)10-4)26-37(35)52-55(50,51)28-39(40,41)27-54(48,49)43-53(6,46)47/h13-24,26,43H,7-12,25,27-28H2,1-6H3. The van der Waals surface area contributed by atoms with Crippen LogP contribution in [0, 0.1) is 0 Å². The zero-order valence-corrected chi connectivity index (χ0v) is 34.5. The molecule has 1 aliphatic carbocycles. The molecular formula is C39H50F2N4O7S3. The lowest BCUT2D eigenvalue weighted by atomic mass is 9.83. The Labute approximate surface area is 325 Å². The van der Waals surface area contributed by atoms with E-state index in [0.29, 0.717) is 48.3 Å². The molecule has 300 valence electrons. The molecule has 4 rings (SSSR count). The van der Waals surface area contributed by atoms with E-state index in [2.05, 4.69) is 23.7 Å². The number of nitrogens with zero attached hydrogens (tertiary/aromatic N) is 3. The third-order valence-corrected chi connectivity index (χ3v) is 13.1. The summed E-state index contributed by atoms with van der Waals surface area (Å²) in [7, 11) is -14.8. The van der Waals surface area contributed by atoms with Crippen molar-refractivity contribution < 1.29 is 38.2 Å². The molecule has 3 aromatic rings. The molecule has 1 N–H and O–H groups in total. The van der Waals surface area contributed by atoms with Gasteiger partial charge in [0.2, 0.25) is 20.0 Å². The Kier molecular flexibility index (Phi) is 14.4. The molecule has 0 spiro atoms. The number of benzene rings is 3. The molecule has 0 saturated heterocycles. The number of unbranched alkanes of at least 4 members (excludes halogenated alkanes) is 1. The molecule has 1 aliphatic rings. The minimum atomic E-state index is -5.22. The molecule has 0 radical (unpaired) electrons. The van der Waals surface area contributed by atoms with Crippen molar-refractivity contribution >= 4 is 58.4 Å². The Hall–Kier alpha value is -4.12. The molecule has 16 heteroatoms. The Morgan fingerprint density at radius 1 is 0.782 bits per heavy atom. The predicted molar refractivity (Wildman–Crippen MR) is 219 cm³/mol. The van der Waals surface area contributed by atoms with Crippen LogP contribution in [-0.2, 0) is 30.2 Å². The fraction of sp³-hybridized carbons (Fsp3) is 0.410. The Morgan fingerprint density at radius 2 is 1.40 bits per heavy atom. The number of allylic oxidation sites excluding steroid dienone is 3. The van der Waals surface area contributed by atoms with E-state index in [4.69, 9.17) is 4.18 Å². The Bertz CT molecular complexity index is 2250. The first-order valence-electron chi connectivity index (χ1n) is 18.2. The van der Waals surface area contributed by atoms with Crippen LogP contribution in [0.2, 0.25) is 0 Å². The van der Waals surface area contributed by atoms with E-state index in [1.54, 1.807) is 12.1 Å². The maximum absolute atomic E-state index is 15.2. The van der Waals surface area contributed by atoms with Gasteiger partial charge in [0, 0.05) is 66.9 Å². The van der Waals surface area contributed by atoms with E-state index in [0.717, 1.165) is 52.6 Å². The topological polar surface area (TPSA) is 143 Å². The first-order valence-corrected chi connectivity index (χ1v) is 23.3. The second kappa shape index (κ2) is 18.2. The van der Waals surface area contributed by atoms with Gasteiger partial charge in [-0.3, -0.25) is 4.99 Å². The van der Waals surface area contributed by atoms with Gasteiger partial charge < -0.3 is 14.0 Å². The molecule has 0 atom stereocenters. The smallest absolute Gasteiger partial charge is 0.315 e. The van der Waals surface area contributed by atoms with Gasteiger partial charge in [-0.2, -0.15) is 8.42 Å². The normalized spacial score (nSPS) is 15.2. The van der Waals surface area contributed by atoms with E-state index in [9.17, 15) is 25.3 Å². The second-order valence-electron chi connectivity index (χ2n) is 13.1. The molecule has 0 bridgehead atoms. The SMILES string of the molecule is CCCCN(CC)c1ccc(C(=C2C=CC(=NCC)c3ccccc32)c2ccc(N(CC)CC)cc2OS(=O)(=O)CC(F)(F)CS(=O)(=O)NS(C)(=O)=O)cc1. The van der Waals surface area contributed by atoms with Crippen molar-refractivity contribution in [2.24, 2.45) is 4.99 Å². The summed E-state index contributed by atoms with van der Waals surface area (Å²) in [5.41, 5.74) is 6.24. The van der Waals surface area contributed by atoms with Crippen LogP contribution in [-0.4, -0.2) is 87.4 Å². The molecule has 3 aromatic carbocycles. The van der Waals surface area contributed by atoms with Gasteiger partial charge in [0.1, 0.15) is 5.75 Å². The Balaban J connectivity index is 1.96. The minimum absolute atomic E-state index is 0.249. The highest BCUT2D eigenvalue weighted by Gasteiger charge is 2.42. The van der Waals surface area contributed by atoms with Crippen molar-refractivity contribution in [1.82, 2.24) is 4.13 Å². The van der Waals surface area contributed by atoms with E-state index >= 15 is 8.78 Å². The summed E-state index contributed by atoms with van der Waals surface area (Å²) in [5.74, 6) is -8.81. The second-order valence-corrected chi connectivity index (χ2v) is 18.4. The van der Waals surface area contributed by atoms with Crippen molar-refractivity contribution in [3.8, 4) is 5.75 Å². The summed E-state index contributed by atoms with van der Waals surface area (Å²) in [6, 6.07) is 20.5. The molecule has 11 nitrogen and oxygen atoms in total. The third-order valence-electron chi connectivity index (χ3n) is 8.83. The molecule has 0 unspecified atom stereocenters. The van der Waals surface area contributed by atoms with E-state index in [1.165, 1.54) is 6.07 Å². The number of alkyl halides is 2. The zero-order chi connectivity index (χ0) is 40.6. The highest BCUT2D eigenvalue weighted by atomic mass is 32.3. The van der Waals surface area contributed by atoms with Crippen LogP contribution in [0.1, 0.15) is 69.7 Å². The van der Waals surface area contributed by atoms with Crippen LogP contribution in [0.25, 0.3) is 11.1 Å². The molecule has 55 heavy (non-hydrogen) atoms. The highest BCUT2D eigenvalue weighted by molar-refractivity contribution is 8.04. The third kappa shape index (κ3) is 11.7. The molecular weight excluding hydrogens is 771 g/mol. The summed E-state index contributed by atoms with van der Waals surface area (Å²) in [6.45, 7) is 13.3. The number of nitrogens with one attached hydrogen (secondary N) is 1. The molecule has 0 aromatic heterocycles. The summed E-state index contributed by atoms with van der Waals surface area (Å²) < 4.78 is 112. The van der Waals surface area contributed by atoms with Crippen molar-refractivity contribution in [3.05, 3.63) is 101 Å². The van der Waals surface area contributed by atoms with Crippen LogP contribution in [0.15, 0.2) is 83.9 Å². The minimum Gasteiger partial charge on any atom is -0.382 e. The number of halogens is 2. The molecule has 0 saturated carbocycles. The van der Waals surface area contributed by atoms with Crippen LogP contribution in [0.4, 0.5) is 20.2 Å². The summed E-state index contributed by atoms with van der Waals surface area (Å²) in [5, 5.41) is 0. The van der Waals surface area contributed by atoms with Gasteiger partial charge in [0.15, 0.2) is 11.5 Å². The fourth-order valence-corrected chi connectivity index (χ4v) is 10.5. The fourth-order valence-electron chi connectivity index (χ4n) is 6.50. The van der Waals surface area contributed by atoms with Gasteiger partial charge in [-0.25, -0.2) is 25.6 Å². The maximum Gasteiger partial charge on any atom is 0.315 e. The monoisotopic (exact) mass is 820 g/mol. The van der Waals surface area contributed by atoms with Crippen molar-refractivity contribution in [2.45, 2.75) is 53.4 Å². The van der Waals surface area contributed by atoms with Gasteiger partial charge in [-0.1, -0.05) is 55.8 Å². The van der Waals surface area contributed by atoms with Gasteiger partial charge in [-0.05, 0) is 81.2 Å². The summed E-state index contributed by atoms with van der Waals surface area (Å²) >= 11 is 0. The van der Waals surface area contributed by atoms with Crippen LogP contribution >= 0.6 is 0 Å². The summed E-state index contributed by atoms with van der Waals surface area (Å²) in [6.07, 6.45) is 6.31. The van der Waals surface area contributed by atoms with E-state index in [1.807, 2.05) is 86.4 Å². The lowest BCUT2D eigenvalue weighted by Gasteiger charge is -2.26. The van der Waals surface area contributed by atoms with E-state index < -0.39 is 47.6 Å². The average molecular weight is 821 g/mol. The lowest BCUT2D eigenvalue weighted by Crippen LogP contribution is -2.42. The largest absolute Gasteiger partial charge is 0.382 e. The first-order chi connectivity index (χ1) is 25.9. The number of hydrogen-bond donors (Lipinski definition) is 1. The quantitative estimate of drug-likeness (QED) is 0.131. The first kappa shape index (κ1) is 43.6. The molecule has 0 heterocycles. The number of hydrogen-bond acceptors (Lipinski definition) is 10. The van der Waals surface area contributed by atoms with Crippen LogP contribution in [0.5, 0.6) is 5.75 Å². The number of anilines is 2.